The highest BCUT2D eigenvalue weighted by molar-refractivity contribution is 7.92. The molecule has 0 unspecified atom stereocenters. The summed E-state index contributed by atoms with van der Waals surface area (Å²) >= 11 is 0. The molecule has 0 aliphatic carbocycles. The molecule has 0 amide bonds. The summed E-state index contributed by atoms with van der Waals surface area (Å²) in [6.45, 7) is 0.302. The first-order valence-corrected chi connectivity index (χ1v) is 7.20. The molecule has 0 aliphatic heterocycles. The smallest absolute Gasteiger partial charge is 0.265 e. The third-order valence-corrected chi connectivity index (χ3v) is 3.99. The van der Waals surface area contributed by atoms with Crippen molar-refractivity contribution in [1.29, 1.82) is 0 Å². The first-order chi connectivity index (χ1) is 9.56. The summed E-state index contributed by atoms with van der Waals surface area (Å²) in [5, 5.41) is 0. The first-order valence-electron chi connectivity index (χ1n) is 5.71. The van der Waals surface area contributed by atoms with Crippen LogP contribution in [0.2, 0.25) is 0 Å². The van der Waals surface area contributed by atoms with Crippen LogP contribution in [0.15, 0.2) is 41.8 Å². The van der Waals surface area contributed by atoms with Gasteiger partial charge in [-0.2, -0.15) is 0 Å². The van der Waals surface area contributed by atoms with E-state index in [1.807, 2.05) is 0 Å². The molecule has 20 heavy (non-hydrogen) atoms. The van der Waals surface area contributed by atoms with Crippen LogP contribution >= 0.6 is 0 Å². The number of nitrogens with two attached hydrogens (primary N) is 1. The molecule has 0 aliphatic rings. The number of hydrogen-bond donors (Lipinski definition) is 2. The van der Waals surface area contributed by atoms with Crippen molar-refractivity contribution >= 4 is 15.7 Å². The lowest BCUT2D eigenvalue weighted by molar-refractivity contribution is 0.402. The van der Waals surface area contributed by atoms with Crippen LogP contribution < -0.4 is 15.2 Å². The summed E-state index contributed by atoms with van der Waals surface area (Å²) in [6, 6.07) is 4.68. The topological polar surface area (TPSA) is 107 Å². The Kier molecular flexibility index (Phi) is 4.16. The Bertz CT molecular complexity index is 689. The molecule has 7 nitrogen and oxygen atoms in total. The molecule has 106 valence electrons. The molecule has 0 fully saturated rings. The molecule has 1 aromatic carbocycles. The van der Waals surface area contributed by atoms with Gasteiger partial charge in [-0.25, -0.2) is 18.4 Å². The van der Waals surface area contributed by atoms with Crippen molar-refractivity contribution in [3.05, 3.63) is 42.5 Å². The summed E-state index contributed by atoms with van der Waals surface area (Å²) in [6.07, 6.45) is 4.05. The molecule has 0 radical (unpaired) electrons. The Morgan fingerprint density at radius 2 is 2.00 bits per heavy atom. The van der Waals surface area contributed by atoms with Crippen molar-refractivity contribution in [2.24, 2.45) is 5.73 Å². The molecule has 8 heteroatoms. The van der Waals surface area contributed by atoms with Gasteiger partial charge in [0.25, 0.3) is 10.0 Å². The highest BCUT2D eigenvalue weighted by Gasteiger charge is 2.20. The van der Waals surface area contributed by atoms with Crippen molar-refractivity contribution < 1.29 is 13.2 Å². The van der Waals surface area contributed by atoms with Gasteiger partial charge in [-0.15, -0.1) is 0 Å². The monoisotopic (exact) mass is 294 g/mol. The summed E-state index contributed by atoms with van der Waals surface area (Å²) in [4.78, 5) is 7.52. The van der Waals surface area contributed by atoms with E-state index in [0.29, 0.717) is 6.54 Å². The van der Waals surface area contributed by atoms with E-state index in [2.05, 4.69) is 14.7 Å². The van der Waals surface area contributed by atoms with E-state index in [0.717, 1.165) is 5.56 Å². The number of nitrogens with one attached hydrogen (secondary N) is 1. The highest BCUT2D eigenvalue weighted by Crippen LogP contribution is 2.26. The minimum atomic E-state index is -3.78. The number of aromatic nitrogens is 2. The number of benzene rings is 1. The zero-order valence-electron chi connectivity index (χ0n) is 10.8. The standard InChI is InChI=1S/C12H14N4O3S/c1-19-11-4-9(5-13)2-3-12(11)20(17,18)16-10-6-14-8-15-7-10/h2-4,6-8,16H,5,13H2,1H3. The van der Waals surface area contributed by atoms with Gasteiger partial charge in [0.1, 0.15) is 17.0 Å². The number of rotatable bonds is 5. The van der Waals surface area contributed by atoms with Gasteiger partial charge in [0.15, 0.2) is 0 Å². The Labute approximate surface area is 116 Å². The second kappa shape index (κ2) is 5.85. The van der Waals surface area contributed by atoms with E-state index in [-0.39, 0.29) is 16.3 Å². The van der Waals surface area contributed by atoms with Crippen LogP contribution in [0.5, 0.6) is 5.75 Å². The SMILES string of the molecule is COc1cc(CN)ccc1S(=O)(=O)Nc1cncnc1. The van der Waals surface area contributed by atoms with Crippen LogP contribution in [-0.2, 0) is 16.6 Å². The van der Waals surface area contributed by atoms with Crippen molar-refractivity contribution in [3.8, 4) is 5.75 Å². The van der Waals surface area contributed by atoms with E-state index >= 15 is 0 Å². The quantitative estimate of drug-likeness (QED) is 0.842. The second-order valence-electron chi connectivity index (χ2n) is 3.92. The first kappa shape index (κ1) is 14.2. The van der Waals surface area contributed by atoms with Gasteiger partial charge in [0.2, 0.25) is 0 Å². The molecule has 2 rings (SSSR count). The highest BCUT2D eigenvalue weighted by atomic mass is 32.2. The van der Waals surface area contributed by atoms with Crippen molar-refractivity contribution in [1.82, 2.24) is 9.97 Å². The summed E-state index contributed by atoms with van der Waals surface area (Å²) in [5.41, 5.74) is 6.58. The molecule has 1 aromatic heterocycles. The lowest BCUT2D eigenvalue weighted by Gasteiger charge is -2.12. The summed E-state index contributed by atoms with van der Waals surface area (Å²) in [5.74, 6) is 0.234. The average molecular weight is 294 g/mol. The normalized spacial score (nSPS) is 11.1. The molecular weight excluding hydrogens is 280 g/mol. The molecule has 0 atom stereocenters. The minimum Gasteiger partial charge on any atom is -0.495 e. The predicted octanol–water partition coefficient (Wildman–Crippen LogP) is 0.745. The van der Waals surface area contributed by atoms with E-state index < -0.39 is 10.0 Å². The van der Waals surface area contributed by atoms with E-state index in [9.17, 15) is 8.42 Å². The number of hydrogen-bond acceptors (Lipinski definition) is 6. The minimum absolute atomic E-state index is 0.0288. The lowest BCUT2D eigenvalue weighted by atomic mass is 10.2. The van der Waals surface area contributed by atoms with Gasteiger partial charge in [0.05, 0.1) is 25.2 Å². The molecule has 1 heterocycles. The Morgan fingerprint density at radius 1 is 1.30 bits per heavy atom. The van der Waals surface area contributed by atoms with Crippen LogP contribution in [0, 0.1) is 0 Å². The van der Waals surface area contributed by atoms with Gasteiger partial charge in [0, 0.05) is 6.54 Å². The van der Waals surface area contributed by atoms with Crippen LogP contribution in [0.4, 0.5) is 5.69 Å². The zero-order valence-corrected chi connectivity index (χ0v) is 11.6. The lowest BCUT2D eigenvalue weighted by Crippen LogP contribution is -2.14. The predicted molar refractivity (Wildman–Crippen MR) is 73.7 cm³/mol. The van der Waals surface area contributed by atoms with E-state index in [1.54, 1.807) is 12.1 Å². The van der Waals surface area contributed by atoms with Crippen LogP contribution in [0.3, 0.4) is 0 Å². The second-order valence-corrected chi connectivity index (χ2v) is 5.57. The van der Waals surface area contributed by atoms with Crippen LogP contribution in [0.25, 0.3) is 0 Å². The number of sulfonamides is 1. The van der Waals surface area contributed by atoms with Gasteiger partial charge in [-0.1, -0.05) is 6.07 Å². The van der Waals surface area contributed by atoms with Crippen LogP contribution in [-0.4, -0.2) is 25.5 Å². The molecule has 0 saturated heterocycles. The average Bonchev–Trinajstić information content (AvgIpc) is 2.47. The molecular formula is C12H14N4O3S. The van der Waals surface area contributed by atoms with Gasteiger partial charge in [-0.3, -0.25) is 4.72 Å². The Morgan fingerprint density at radius 3 is 2.60 bits per heavy atom. The van der Waals surface area contributed by atoms with Crippen molar-refractivity contribution in [2.75, 3.05) is 11.8 Å². The molecule has 3 N–H and O–H groups in total. The summed E-state index contributed by atoms with van der Waals surface area (Å²) < 4.78 is 32.1. The number of ether oxygens (including phenoxy) is 1. The maximum atomic E-state index is 12.3. The fourth-order valence-corrected chi connectivity index (χ4v) is 2.80. The fourth-order valence-electron chi connectivity index (χ4n) is 1.62. The van der Waals surface area contributed by atoms with Gasteiger partial charge in [-0.05, 0) is 17.7 Å². The maximum Gasteiger partial charge on any atom is 0.265 e. The van der Waals surface area contributed by atoms with Gasteiger partial charge >= 0.3 is 0 Å². The Balaban J connectivity index is 2.39. The van der Waals surface area contributed by atoms with Crippen molar-refractivity contribution in [2.45, 2.75) is 11.4 Å². The Hall–Kier alpha value is -2.19. The number of methoxy groups -OCH3 is 1. The number of nitrogens with zero attached hydrogens (tertiary/aromatic N) is 2. The number of anilines is 1. The maximum absolute atomic E-state index is 12.3. The third-order valence-electron chi connectivity index (χ3n) is 2.57. The third kappa shape index (κ3) is 3.03. The van der Waals surface area contributed by atoms with Gasteiger partial charge < -0.3 is 10.5 Å². The molecule has 0 spiro atoms. The fraction of sp³-hybridized carbons (Fsp3) is 0.167. The van der Waals surface area contributed by atoms with Crippen LogP contribution in [0.1, 0.15) is 5.56 Å². The largest absolute Gasteiger partial charge is 0.495 e. The molecule has 0 saturated carbocycles. The van der Waals surface area contributed by atoms with Crippen molar-refractivity contribution in [3.63, 3.8) is 0 Å². The van der Waals surface area contributed by atoms with E-state index in [4.69, 9.17) is 10.5 Å². The molecule has 0 bridgehead atoms. The zero-order chi connectivity index (χ0) is 14.6. The molecule has 2 aromatic rings. The van der Waals surface area contributed by atoms with E-state index in [1.165, 1.54) is 31.9 Å². The summed E-state index contributed by atoms with van der Waals surface area (Å²) in [7, 11) is -2.37.